The number of pyridine rings is 4. The number of benzene rings is 1. The van der Waals surface area contributed by atoms with Gasteiger partial charge < -0.3 is 33.7 Å². The van der Waals surface area contributed by atoms with E-state index in [1.807, 2.05) is 54.6 Å². The van der Waals surface area contributed by atoms with Crippen molar-refractivity contribution in [1.82, 2.24) is 50.4 Å². The van der Waals surface area contributed by atoms with Crippen LogP contribution in [0.3, 0.4) is 0 Å². The molecule has 0 saturated carbocycles. The van der Waals surface area contributed by atoms with E-state index in [1.54, 1.807) is 39.4 Å². The number of amides is 2. The van der Waals surface area contributed by atoms with E-state index in [9.17, 15) is 32.3 Å². The molecule has 2 N–H and O–H groups in total. The molecule has 0 fully saturated rings. The number of nitrogens with zero attached hydrogens (tertiary/aromatic N) is 8. The Balaban J connectivity index is 0.000000196. The fourth-order valence-electron chi connectivity index (χ4n) is 7.49. The van der Waals surface area contributed by atoms with Crippen molar-refractivity contribution >= 4 is 34.7 Å². The largest absolute Gasteiger partial charge is 0.465 e. The van der Waals surface area contributed by atoms with Crippen LogP contribution < -0.4 is 16.2 Å². The number of carbonyl (C=O) groups excluding carboxylic acids is 3. The van der Waals surface area contributed by atoms with E-state index in [0.29, 0.717) is 29.6 Å². The summed E-state index contributed by atoms with van der Waals surface area (Å²) in [6, 6.07) is 15.6. The summed E-state index contributed by atoms with van der Waals surface area (Å²) in [5, 5.41) is 12.9. The van der Waals surface area contributed by atoms with Crippen LogP contribution in [0.1, 0.15) is 109 Å². The van der Waals surface area contributed by atoms with Crippen LogP contribution in [0.2, 0.25) is 0 Å². The van der Waals surface area contributed by atoms with Gasteiger partial charge in [0, 0.05) is 71.9 Å². The molecule has 18 nitrogen and oxygen atoms in total. The van der Waals surface area contributed by atoms with Crippen LogP contribution in [0.5, 0.6) is 0 Å². The summed E-state index contributed by atoms with van der Waals surface area (Å²) in [7, 11) is 1.39. The number of hydrogen-bond donors (Lipinski definition) is 2. The number of aromatic nitrogens is 8. The molecule has 6 heterocycles. The molecular formula is C52H51F3N10O8. The highest BCUT2D eigenvalue weighted by Gasteiger charge is 2.25. The number of nitrogens with one attached hydrogen (secondary N) is 2. The number of allylic oxidation sites excluding steroid dienone is 3. The first-order chi connectivity index (χ1) is 34.1. The number of halogens is 3. The average Bonchev–Trinajstić information content (AvgIpc) is 4.22. The van der Waals surface area contributed by atoms with Crippen LogP contribution in [0, 0.1) is 17.5 Å². The zero-order chi connectivity index (χ0) is 50.2. The number of carbonyl (C=O) groups is 3. The summed E-state index contributed by atoms with van der Waals surface area (Å²) in [6.45, 7) is 5.20. The van der Waals surface area contributed by atoms with Gasteiger partial charge >= 0.3 is 12.1 Å². The fourth-order valence-corrected chi connectivity index (χ4v) is 7.49. The summed E-state index contributed by atoms with van der Waals surface area (Å²) >= 11 is 0. The molecule has 0 unspecified atom stereocenters. The molecule has 0 atom stereocenters. The summed E-state index contributed by atoms with van der Waals surface area (Å²) in [5.41, 5.74) is 6.51. The molecule has 1 aromatic carbocycles. The van der Waals surface area contributed by atoms with Gasteiger partial charge in [-0.25, -0.2) is 22.8 Å². The summed E-state index contributed by atoms with van der Waals surface area (Å²) in [6.07, 6.45) is 13.9. The molecule has 3 aliphatic rings. The fraction of sp³-hybridized carbons (Fsp3) is 0.250. The normalized spacial score (nSPS) is 12.6. The second kappa shape index (κ2) is 23.4. The summed E-state index contributed by atoms with van der Waals surface area (Å²) < 4.78 is 61.7. The Kier molecular flexibility index (Phi) is 17.1. The van der Waals surface area contributed by atoms with Gasteiger partial charge in [0.25, 0.3) is 23.2 Å². The number of ether oxygens (including phenoxy) is 2. The Morgan fingerprint density at radius 2 is 1.22 bits per heavy atom. The lowest BCUT2D eigenvalue weighted by Gasteiger charge is -2.19. The van der Waals surface area contributed by atoms with Crippen LogP contribution in [0.4, 0.5) is 18.0 Å². The maximum atomic E-state index is 13.5. The Morgan fingerprint density at radius 1 is 0.712 bits per heavy atom. The van der Waals surface area contributed by atoms with E-state index in [-0.39, 0.29) is 57.4 Å². The maximum Gasteiger partial charge on any atom is 0.408 e. The monoisotopic (exact) mass is 1000 g/mol. The second-order valence-corrected chi connectivity index (χ2v) is 16.7. The molecule has 0 bridgehead atoms. The van der Waals surface area contributed by atoms with Gasteiger partial charge in [-0.2, -0.15) is 9.97 Å². The van der Waals surface area contributed by atoms with E-state index >= 15 is 0 Å². The predicted molar refractivity (Wildman–Crippen MR) is 260 cm³/mol. The second-order valence-electron chi connectivity index (χ2n) is 16.7. The van der Waals surface area contributed by atoms with Gasteiger partial charge in [0.15, 0.2) is 29.1 Å². The van der Waals surface area contributed by atoms with Gasteiger partial charge in [-0.15, -0.1) is 0 Å². The zero-order valence-electron chi connectivity index (χ0n) is 38.5. The molecule has 0 aliphatic heterocycles. The van der Waals surface area contributed by atoms with Crippen molar-refractivity contribution in [3.05, 3.63) is 200 Å². The van der Waals surface area contributed by atoms with Gasteiger partial charge in [-0.1, -0.05) is 61.6 Å². The number of rotatable bonds is 10. The summed E-state index contributed by atoms with van der Waals surface area (Å²) in [4.78, 5) is 69.6. The third-order valence-electron chi connectivity index (χ3n) is 10.7. The lowest BCUT2D eigenvalue weighted by Crippen LogP contribution is -2.33. The molecule has 0 radical (unpaired) electrons. The lowest BCUT2D eigenvalue weighted by atomic mass is 10.1. The Labute approximate surface area is 417 Å². The molecule has 378 valence electrons. The van der Waals surface area contributed by atoms with Crippen molar-refractivity contribution in [2.24, 2.45) is 0 Å². The molecular weight excluding hydrogens is 950 g/mol. The van der Waals surface area contributed by atoms with Crippen molar-refractivity contribution in [3.8, 4) is 0 Å². The first-order valence-electron chi connectivity index (χ1n) is 21.9. The minimum Gasteiger partial charge on any atom is -0.465 e. The van der Waals surface area contributed by atoms with E-state index in [4.69, 9.17) is 13.8 Å². The lowest BCUT2D eigenvalue weighted by molar-refractivity contribution is -0.133. The van der Waals surface area contributed by atoms with Crippen molar-refractivity contribution in [3.63, 3.8) is 0 Å². The highest BCUT2D eigenvalue weighted by Crippen LogP contribution is 2.32. The van der Waals surface area contributed by atoms with Gasteiger partial charge in [0.1, 0.15) is 11.2 Å². The van der Waals surface area contributed by atoms with Gasteiger partial charge in [0.2, 0.25) is 0 Å². The number of alkyl carbamates (subject to hydrolysis) is 1. The van der Waals surface area contributed by atoms with Crippen LogP contribution in [-0.2, 0) is 53.2 Å². The van der Waals surface area contributed by atoms with Crippen LogP contribution in [0.15, 0.2) is 118 Å². The van der Waals surface area contributed by atoms with Crippen molar-refractivity contribution in [1.29, 1.82) is 0 Å². The molecule has 2 amide bonds. The molecule has 6 aromatic heterocycles. The van der Waals surface area contributed by atoms with E-state index in [2.05, 4.69) is 50.6 Å². The highest BCUT2D eigenvalue weighted by molar-refractivity contribution is 6.17. The Morgan fingerprint density at radius 3 is 1.75 bits per heavy atom. The molecule has 0 saturated heterocycles. The molecule has 10 rings (SSSR count). The van der Waals surface area contributed by atoms with Crippen molar-refractivity contribution in [2.75, 3.05) is 7.11 Å². The first kappa shape index (κ1) is 53.5. The van der Waals surface area contributed by atoms with E-state index < -0.39 is 40.6 Å². The Bertz CT molecular complexity index is 3300. The standard InChI is InChI=1S/C24H16F3N5O3.C16H18N4O3.C10H9NO2.2CH4/c25-17-9-13(10-18(26)21(17)27)12-32-8-2-4-16(24(32)34)22(33)29-11-20-30-23(35-31-20)15-5-6-19-14(15)3-1-7-28-19;1-16(2,3)22-15(21)18-9-13-19-14(23-20-13)11-6-7-12-10(11)5-4-8-17-12;1-13-10(12)8-4-5-9-7(8)3-2-6-11-9;;/h1-5,7-10H,6,11-12H2,(H,29,33);4-6,8H,7,9H2,1-3H3,(H,18,21);2-4,6H,5H2,1H3;2*1H4. The number of fused-ring (bicyclic) bond motifs is 3. The molecule has 0 spiro atoms. The molecule has 3 aliphatic carbocycles. The SMILES string of the molecule is C.C.CC(C)(C)OC(=O)NCc1noc(C2=CCc3ncccc32)n1.COC(=O)C1=CCc2ncccc21.O=C(NCc1noc(C2=CCc3ncccc32)n1)c1cccn(Cc2cc(F)c(F)c(F)c2)c1=O. The highest BCUT2D eigenvalue weighted by atomic mass is 19.2. The third-order valence-corrected chi connectivity index (χ3v) is 10.7. The van der Waals surface area contributed by atoms with Crippen LogP contribution in [0.25, 0.3) is 16.7 Å². The Hall–Kier alpha value is -8.88. The maximum absolute atomic E-state index is 13.5. The smallest absolute Gasteiger partial charge is 0.408 e. The minimum atomic E-state index is -1.59. The van der Waals surface area contributed by atoms with Crippen molar-refractivity contribution in [2.45, 2.75) is 80.1 Å². The summed E-state index contributed by atoms with van der Waals surface area (Å²) in [5.74, 6) is -3.98. The topological polar surface area (TPSA) is 232 Å². The molecule has 7 aromatic rings. The molecule has 21 heteroatoms. The number of hydrogen-bond acceptors (Lipinski definition) is 15. The number of esters is 1. The van der Waals surface area contributed by atoms with Crippen LogP contribution in [-0.4, -0.2) is 70.5 Å². The predicted octanol–water partition coefficient (Wildman–Crippen LogP) is 7.95. The first-order valence-corrected chi connectivity index (χ1v) is 21.9. The van der Waals surface area contributed by atoms with Gasteiger partial charge in [0.05, 0.1) is 49.4 Å². The van der Waals surface area contributed by atoms with Crippen molar-refractivity contribution < 1.29 is 46.1 Å². The quantitative estimate of drug-likeness (QED) is 0.0978. The number of methoxy groups -OCH3 is 1. The zero-order valence-corrected chi connectivity index (χ0v) is 38.5. The minimum absolute atomic E-state index is 0. The molecule has 73 heavy (non-hydrogen) atoms. The average molecular weight is 1000 g/mol. The third kappa shape index (κ3) is 12.7. The van der Waals surface area contributed by atoms with Gasteiger partial charge in [-0.3, -0.25) is 24.5 Å². The van der Waals surface area contributed by atoms with Crippen LogP contribution >= 0.6 is 0 Å². The van der Waals surface area contributed by atoms with Gasteiger partial charge in [-0.05, 0) is 68.8 Å². The van der Waals surface area contributed by atoms with E-state index in [0.717, 1.165) is 74.5 Å². The van der Waals surface area contributed by atoms with E-state index in [1.165, 1.54) is 25.4 Å².